The smallest absolute Gasteiger partial charge is 0.165 e. The molecule has 1 fully saturated rings. The number of anilines is 1. The molecule has 1 aliphatic rings. The summed E-state index contributed by atoms with van der Waals surface area (Å²) in [6.45, 7) is 2.67. The largest absolute Gasteiger partial charge is 0.493 e. The van der Waals surface area contributed by atoms with Gasteiger partial charge in [-0.25, -0.2) is 13.9 Å². The van der Waals surface area contributed by atoms with Crippen molar-refractivity contribution in [1.82, 2.24) is 19.6 Å². The molecular weight excluding hydrogens is 369 g/mol. The molecule has 4 aromatic rings. The summed E-state index contributed by atoms with van der Waals surface area (Å²) in [5.74, 6) is 1.77. The van der Waals surface area contributed by atoms with Gasteiger partial charge in [-0.2, -0.15) is 5.10 Å². The van der Waals surface area contributed by atoms with E-state index in [0.717, 1.165) is 28.1 Å². The van der Waals surface area contributed by atoms with E-state index in [9.17, 15) is 4.39 Å². The first-order valence-corrected chi connectivity index (χ1v) is 9.84. The molecular formula is C22H22FN5O. The summed E-state index contributed by atoms with van der Waals surface area (Å²) in [6, 6.07) is 8.36. The highest BCUT2D eigenvalue weighted by Crippen LogP contribution is 2.33. The zero-order valence-corrected chi connectivity index (χ0v) is 16.1. The summed E-state index contributed by atoms with van der Waals surface area (Å²) in [5.41, 5.74) is 3.51. The second-order valence-corrected chi connectivity index (χ2v) is 7.54. The number of ether oxygens (including phenoxy) is 1. The van der Waals surface area contributed by atoms with Gasteiger partial charge in [0.05, 0.1) is 18.8 Å². The van der Waals surface area contributed by atoms with Crippen molar-refractivity contribution in [1.29, 1.82) is 0 Å². The Morgan fingerprint density at radius 2 is 2.21 bits per heavy atom. The molecule has 1 aliphatic carbocycles. The second kappa shape index (κ2) is 7.24. The molecule has 0 aliphatic heterocycles. The molecule has 0 spiro atoms. The highest BCUT2D eigenvalue weighted by Gasteiger charge is 2.23. The predicted molar refractivity (Wildman–Crippen MR) is 109 cm³/mol. The highest BCUT2D eigenvalue weighted by atomic mass is 19.1. The highest BCUT2D eigenvalue weighted by molar-refractivity contribution is 5.77. The first-order chi connectivity index (χ1) is 14.2. The molecule has 148 valence electrons. The molecule has 3 aromatic heterocycles. The van der Waals surface area contributed by atoms with Crippen molar-refractivity contribution >= 4 is 11.5 Å². The van der Waals surface area contributed by atoms with Crippen molar-refractivity contribution in [3.63, 3.8) is 0 Å². The minimum Gasteiger partial charge on any atom is -0.493 e. The van der Waals surface area contributed by atoms with E-state index in [4.69, 9.17) is 9.72 Å². The fourth-order valence-electron chi connectivity index (χ4n) is 3.43. The van der Waals surface area contributed by atoms with Gasteiger partial charge in [-0.05, 0) is 56.0 Å². The summed E-state index contributed by atoms with van der Waals surface area (Å²) >= 11 is 0. The van der Waals surface area contributed by atoms with Crippen molar-refractivity contribution in [3.8, 4) is 16.9 Å². The van der Waals surface area contributed by atoms with Crippen LogP contribution in [0.15, 0.2) is 55.1 Å². The zero-order valence-electron chi connectivity index (χ0n) is 16.1. The van der Waals surface area contributed by atoms with Gasteiger partial charge in [0.2, 0.25) is 0 Å². The molecule has 0 radical (unpaired) electrons. The standard InChI is InChI=1S/C22H22FN5O/c1-14(18-10-17(23)4-5-20(18)29-13-15-2-3-15)26-21-7-9-28-22(27-21)19(12-25-28)16-6-8-24-11-16/h4-12,14-15,24H,2-3,13H2,1H3,(H,26,27). The van der Waals surface area contributed by atoms with Crippen molar-refractivity contribution in [2.45, 2.75) is 25.8 Å². The van der Waals surface area contributed by atoms with Crippen molar-refractivity contribution in [2.24, 2.45) is 5.92 Å². The number of rotatable bonds is 7. The molecule has 3 heterocycles. The van der Waals surface area contributed by atoms with Gasteiger partial charge in [0.15, 0.2) is 5.65 Å². The average Bonchev–Trinajstić information content (AvgIpc) is 3.21. The van der Waals surface area contributed by atoms with E-state index in [2.05, 4.69) is 15.4 Å². The van der Waals surface area contributed by atoms with Gasteiger partial charge >= 0.3 is 0 Å². The molecule has 0 bridgehead atoms. The van der Waals surface area contributed by atoms with Gasteiger partial charge in [-0.15, -0.1) is 0 Å². The van der Waals surface area contributed by atoms with Crippen LogP contribution in [0.25, 0.3) is 16.8 Å². The molecule has 1 unspecified atom stereocenters. The lowest BCUT2D eigenvalue weighted by Gasteiger charge is -2.19. The number of benzene rings is 1. The normalized spacial score (nSPS) is 14.8. The number of nitrogens with one attached hydrogen (secondary N) is 2. The number of halogens is 1. The second-order valence-electron chi connectivity index (χ2n) is 7.54. The third kappa shape index (κ3) is 3.68. The van der Waals surface area contributed by atoms with E-state index >= 15 is 0 Å². The zero-order chi connectivity index (χ0) is 19.8. The van der Waals surface area contributed by atoms with Crippen LogP contribution in [0.5, 0.6) is 5.75 Å². The van der Waals surface area contributed by atoms with Crippen molar-refractivity contribution in [2.75, 3.05) is 11.9 Å². The monoisotopic (exact) mass is 391 g/mol. The lowest BCUT2D eigenvalue weighted by atomic mass is 10.1. The Balaban J connectivity index is 1.42. The summed E-state index contributed by atoms with van der Waals surface area (Å²) in [4.78, 5) is 7.79. The number of fused-ring (bicyclic) bond motifs is 1. The number of aromatic nitrogens is 4. The van der Waals surface area contributed by atoms with Gasteiger partial charge in [-0.3, -0.25) is 0 Å². The van der Waals surface area contributed by atoms with Crippen molar-refractivity contribution < 1.29 is 9.13 Å². The fraction of sp³-hybridized carbons (Fsp3) is 0.273. The van der Waals surface area contributed by atoms with Crippen LogP contribution in [-0.2, 0) is 0 Å². The third-order valence-corrected chi connectivity index (χ3v) is 5.25. The Bertz CT molecular complexity index is 1130. The third-order valence-electron chi connectivity index (χ3n) is 5.25. The van der Waals surface area contributed by atoms with Crippen LogP contribution in [0.2, 0.25) is 0 Å². The molecule has 29 heavy (non-hydrogen) atoms. The fourth-order valence-corrected chi connectivity index (χ4v) is 3.43. The Morgan fingerprint density at radius 3 is 3.00 bits per heavy atom. The van der Waals surface area contributed by atoms with Crippen LogP contribution in [0, 0.1) is 11.7 Å². The number of H-pyrrole nitrogens is 1. The van der Waals surface area contributed by atoms with Gasteiger partial charge < -0.3 is 15.0 Å². The predicted octanol–water partition coefficient (Wildman–Crippen LogP) is 4.83. The average molecular weight is 391 g/mol. The van der Waals surface area contributed by atoms with Gasteiger partial charge in [0, 0.05) is 35.3 Å². The molecule has 1 saturated carbocycles. The molecule has 5 rings (SSSR count). The number of hydrogen-bond donors (Lipinski definition) is 2. The van der Waals surface area contributed by atoms with Gasteiger partial charge in [-0.1, -0.05) is 0 Å². The van der Waals surface area contributed by atoms with E-state index in [1.165, 1.54) is 25.0 Å². The van der Waals surface area contributed by atoms with E-state index in [1.54, 1.807) is 16.8 Å². The van der Waals surface area contributed by atoms with Gasteiger partial charge in [0.25, 0.3) is 0 Å². The summed E-state index contributed by atoms with van der Waals surface area (Å²) in [6.07, 6.45) is 9.87. The quantitative estimate of drug-likeness (QED) is 0.474. The van der Waals surface area contributed by atoms with E-state index in [0.29, 0.717) is 18.3 Å². The van der Waals surface area contributed by atoms with Gasteiger partial charge in [0.1, 0.15) is 17.4 Å². The molecule has 0 amide bonds. The SMILES string of the molecule is CC(Nc1ccn2ncc(-c3cc[nH]c3)c2n1)c1cc(F)ccc1OCC1CC1. The molecule has 0 saturated heterocycles. The van der Waals surface area contributed by atoms with Crippen LogP contribution in [-0.4, -0.2) is 26.2 Å². The lowest BCUT2D eigenvalue weighted by Crippen LogP contribution is -2.11. The summed E-state index contributed by atoms with van der Waals surface area (Å²) in [5, 5.41) is 7.75. The van der Waals surface area contributed by atoms with E-state index in [1.807, 2.05) is 37.6 Å². The number of nitrogens with zero attached hydrogens (tertiary/aromatic N) is 3. The Hall–Kier alpha value is -3.35. The Morgan fingerprint density at radius 1 is 1.31 bits per heavy atom. The van der Waals surface area contributed by atoms with Crippen LogP contribution in [0.4, 0.5) is 10.2 Å². The summed E-state index contributed by atoms with van der Waals surface area (Å²) < 4.78 is 21.6. The maximum atomic E-state index is 13.9. The Labute approximate surface area is 167 Å². The van der Waals surface area contributed by atoms with E-state index in [-0.39, 0.29) is 11.9 Å². The van der Waals surface area contributed by atoms with Crippen molar-refractivity contribution in [3.05, 3.63) is 66.5 Å². The molecule has 7 heteroatoms. The number of aromatic amines is 1. The first kappa shape index (κ1) is 17.7. The summed E-state index contributed by atoms with van der Waals surface area (Å²) in [7, 11) is 0. The molecule has 1 aromatic carbocycles. The first-order valence-electron chi connectivity index (χ1n) is 9.84. The van der Waals surface area contributed by atoms with Crippen LogP contribution >= 0.6 is 0 Å². The minimum absolute atomic E-state index is 0.173. The van der Waals surface area contributed by atoms with E-state index < -0.39 is 0 Å². The van der Waals surface area contributed by atoms with Crippen LogP contribution in [0.3, 0.4) is 0 Å². The maximum Gasteiger partial charge on any atom is 0.165 e. The van der Waals surface area contributed by atoms with Crippen LogP contribution < -0.4 is 10.1 Å². The molecule has 2 N–H and O–H groups in total. The topological polar surface area (TPSA) is 67.2 Å². The molecule has 1 atom stereocenters. The number of hydrogen-bond acceptors (Lipinski definition) is 4. The lowest BCUT2D eigenvalue weighted by molar-refractivity contribution is 0.295. The Kier molecular flexibility index (Phi) is 4.42. The molecule has 6 nitrogen and oxygen atoms in total. The van der Waals surface area contributed by atoms with Crippen LogP contribution in [0.1, 0.15) is 31.4 Å². The maximum absolute atomic E-state index is 13.9. The minimum atomic E-state index is -0.277.